The summed E-state index contributed by atoms with van der Waals surface area (Å²) in [6.45, 7) is 13.8. The molecule has 0 aliphatic heterocycles. The highest BCUT2D eigenvalue weighted by Gasteiger charge is 2.25. The molecule has 0 aromatic carbocycles. The van der Waals surface area contributed by atoms with E-state index < -0.39 is 5.60 Å². The zero-order valence-electron chi connectivity index (χ0n) is 12.4. The first-order valence-electron chi connectivity index (χ1n) is 6.65. The summed E-state index contributed by atoms with van der Waals surface area (Å²) < 4.78 is 5.72. The molecule has 18 heavy (non-hydrogen) atoms. The lowest BCUT2D eigenvalue weighted by atomic mass is 10.1. The second-order valence-electron chi connectivity index (χ2n) is 4.98. The van der Waals surface area contributed by atoms with E-state index in [1.54, 1.807) is 0 Å². The molecular formula is C14H25N3O. The predicted molar refractivity (Wildman–Crippen MR) is 74.9 cm³/mol. The van der Waals surface area contributed by atoms with Gasteiger partial charge in [0.05, 0.1) is 0 Å². The lowest BCUT2D eigenvalue weighted by molar-refractivity contribution is -0.0208. The van der Waals surface area contributed by atoms with Gasteiger partial charge in [-0.05, 0) is 41.0 Å². The summed E-state index contributed by atoms with van der Waals surface area (Å²) in [6, 6.07) is 0. The van der Waals surface area contributed by atoms with Crippen molar-refractivity contribution < 1.29 is 4.74 Å². The van der Waals surface area contributed by atoms with Crippen LogP contribution in [-0.2, 0) is 10.3 Å². The molecular weight excluding hydrogens is 226 g/mol. The van der Waals surface area contributed by atoms with Crippen LogP contribution < -0.4 is 5.32 Å². The second-order valence-corrected chi connectivity index (χ2v) is 4.98. The third-order valence-electron chi connectivity index (χ3n) is 2.98. The fourth-order valence-corrected chi connectivity index (χ4v) is 1.74. The van der Waals surface area contributed by atoms with Gasteiger partial charge in [0.15, 0.2) is 5.82 Å². The molecule has 0 saturated heterocycles. The Hall–Kier alpha value is -1.16. The Morgan fingerprint density at radius 3 is 2.39 bits per heavy atom. The smallest absolute Gasteiger partial charge is 0.162 e. The molecule has 1 aromatic heterocycles. The summed E-state index contributed by atoms with van der Waals surface area (Å²) in [5.74, 6) is 1.66. The lowest BCUT2D eigenvalue weighted by Crippen LogP contribution is -2.26. The third-order valence-corrected chi connectivity index (χ3v) is 2.98. The number of rotatable bonds is 6. The quantitative estimate of drug-likeness (QED) is 0.843. The van der Waals surface area contributed by atoms with Gasteiger partial charge in [0, 0.05) is 24.4 Å². The zero-order chi connectivity index (χ0) is 13.8. The monoisotopic (exact) mass is 251 g/mol. The van der Waals surface area contributed by atoms with E-state index in [-0.39, 0.29) is 0 Å². The minimum Gasteiger partial charge on any atom is -0.370 e. The van der Waals surface area contributed by atoms with Crippen LogP contribution >= 0.6 is 0 Å². The Labute approximate surface area is 110 Å². The van der Waals surface area contributed by atoms with Crippen molar-refractivity contribution in [3.8, 4) is 0 Å². The summed E-state index contributed by atoms with van der Waals surface area (Å²) in [5.41, 5.74) is 1.67. The first-order valence-corrected chi connectivity index (χ1v) is 6.65. The Morgan fingerprint density at radius 1 is 1.17 bits per heavy atom. The zero-order valence-corrected chi connectivity index (χ0v) is 12.4. The minimum absolute atomic E-state index is 0.449. The van der Waals surface area contributed by atoms with Crippen LogP contribution in [-0.4, -0.2) is 23.1 Å². The maximum atomic E-state index is 5.72. The van der Waals surface area contributed by atoms with E-state index in [9.17, 15) is 0 Å². The van der Waals surface area contributed by atoms with Gasteiger partial charge in [-0.15, -0.1) is 0 Å². The highest BCUT2D eigenvalue weighted by Crippen LogP contribution is 2.25. The summed E-state index contributed by atoms with van der Waals surface area (Å²) >= 11 is 0. The molecule has 0 bridgehead atoms. The standard InChI is InChI=1S/C14H25N3O/c1-7-9-15-12-10(3)11(4)16-13(17-12)14(5,6)18-8-2/h7-9H2,1-6H3,(H,15,16,17). The number of hydrogen-bond donors (Lipinski definition) is 1. The summed E-state index contributed by atoms with van der Waals surface area (Å²) in [5, 5.41) is 3.35. The molecule has 0 aliphatic rings. The Kier molecular flexibility index (Phi) is 5.08. The van der Waals surface area contributed by atoms with Crippen molar-refractivity contribution in [3.63, 3.8) is 0 Å². The van der Waals surface area contributed by atoms with Gasteiger partial charge in [0.1, 0.15) is 11.4 Å². The molecule has 0 saturated carbocycles. The fourth-order valence-electron chi connectivity index (χ4n) is 1.74. The summed E-state index contributed by atoms with van der Waals surface area (Å²) in [7, 11) is 0. The Morgan fingerprint density at radius 2 is 1.83 bits per heavy atom. The van der Waals surface area contributed by atoms with Crippen LogP contribution in [0.2, 0.25) is 0 Å². The van der Waals surface area contributed by atoms with Crippen LogP contribution in [0.4, 0.5) is 5.82 Å². The topological polar surface area (TPSA) is 47.0 Å². The van der Waals surface area contributed by atoms with E-state index in [1.807, 2.05) is 34.6 Å². The maximum Gasteiger partial charge on any atom is 0.162 e. The summed E-state index contributed by atoms with van der Waals surface area (Å²) in [4.78, 5) is 9.17. The molecule has 1 rings (SSSR count). The molecule has 1 heterocycles. The van der Waals surface area contributed by atoms with Gasteiger partial charge in [-0.3, -0.25) is 0 Å². The highest BCUT2D eigenvalue weighted by atomic mass is 16.5. The number of anilines is 1. The van der Waals surface area contributed by atoms with Gasteiger partial charge < -0.3 is 10.1 Å². The molecule has 4 nitrogen and oxygen atoms in total. The third kappa shape index (κ3) is 3.42. The number of hydrogen-bond acceptors (Lipinski definition) is 4. The molecule has 0 spiro atoms. The van der Waals surface area contributed by atoms with Crippen LogP contribution in [0.15, 0.2) is 0 Å². The van der Waals surface area contributed by atoms with E-state index in [1.165, 1.54) is 0 Å². The normalized spacial score (nSPS) is 11.7. The number of nitrogens with one attached hydrogen (secondary N) is 1. The van der Waals surface area contributed by atoms with Gasteiger partial charge in [0.25, 0.3) is 0 Å². The second kappa shape index (κ2) is 6.14. The van der Waals surface area contributed by atoms with Crippen molar-refractivity contribution in [2.45, 2.75) is 53.6 Å². The fraction of sp³-hybridized carbons (Fsp3) is 0.714. The molecule has 0 amide bonds. The van der Waals surface area contributed by atoms with Crippen molar-refractivity contribution in [2.24, 2.45) is 0 Å². The van der Waals surface area contributed by atoms with Crippen molar-refractivity contribution >= 4 is 5.82 Å². The molecule has 102 valence electrons. The van der Waals surface area contributed by atoms with E-state index in [0.717, 1.165) is 35.9 Å². The molecule has 0 fully saturated rings. The largest absolute Gasteiger partial charge is 0.370 e. The molecule has 1 N–H and O–H groups in total. The molecule has 1 aromatic rings. The average molecular weight is 251 g/mol. The lowest BCUT2D eigenvalue weighted by Gasteiger charge is -2.24. The van der Waals surface area contributed by atoms with Crippen molar-refractivity contribution in [3.05, 3.63) is 17.1 Å². The van der Waals surface area contributed by atoms with Gasteiger partial charge in [-0.2, -0.15) is 0 Å². The molecule has 0 unspecified atom stereocenters. The minimum atomic E-state index is -0.449. The van der Waals surface area contributed by atoms with E-state index in [2.05, 4.69) is 22.2 Å². The van der Waals surface area contributed by atoms with Crippen LogP contribution in [0.25, 0.3) is 0 Å². The Balaban J connectivity index is 3.11. The van der Waals surface area contributed by atoms with Crippen LogP contribution in [0, 0.1) is 13.8 Å². The molecule has 4 heteroatoms. The van der Waals surface area contributed by atoms with Crippen LogP contribution in [0.5, 0.6) is 0 Å². The molecule has 0 atom stereocenters. The number of ether oxygens (including phenoxy) is 1. The SMILES string of the molecule is CCCNc1nc(C(C)(C)OCC)nc(C)c1C. The number of aromatic nitrogens is 2. The number of aryl methyl sites for hydroxylation is 1. The predicted octanol–water partition coefficient (Wildman–Crippen LogP) is 3.19. The van der Waals surface area contributed by atoms with Gasteiger partial charge in [0.2, 0.25) is 0 Å². The highest BCUT2D eigenvalue weighted by molar-refractivity contribution is 5.45. The average Bonchev–Trinajstić information content (AvgIpc) is 2.30. The van der Waals surface area contributed by atoms with Gasteiger partial charge in [-0.25, -0.2) is 9.97 Å². The van der Waals surface area contributed by atoms with E-state index in [0.29, 0.717) is 6.61 Å². The van der Waals surface area contributed by atoms with Crippen molar-refractivity contribution in [1.29, 1.82) is 0 Å². The van der Waals surface area contributed by atoms with Gasteiger partial charge in [-0.1, -0.05) is 6.92 Å². The van der Waals surface area contributed by atoms with E-state index >= 15 is 0 Å². The van der Waals surface area contributed by atoms with Gasteiger partial charge >= 0.3 is 0 Å². The Bertz CT molecular complexity index is 402. The number of nitrogens with zero attached hydrogens (tertiary/aromatic N) is 2. The first kappa shape index (κ1) is 14.9. The van der Waals surface area contributed by atoms with Crippen LogP contribution in [0.1, 0.15) is 51.2 Å². The maximum absolute atomic E-state index is 5.72. The van der Waals surface area contributed by atoms with Crippen LogP contribution in [0.3, 0.4) is 0 Å². The van der Waals surface area contributed by atoms with E-state index in [4.69, 9.17) is 4.74 Å². The molecule has 0 aliphatic carbocycles. The summed E-state index contributed by atoms with van der Waals surface area (Å²) in [6.07, 6.45) is 1.08. The van der Waals surface area contributed by atoms with Crippen molar-refractivity contribution in [2.75, 3.05) is 18.5 Å². The molecule has 0 radical (unpaired) electrons. The first-order chi connectivity index (χ1) is 8.42. The van der Waals surface area contributed by atoms with Crippen molar-refractivity contribution in [1.82, 2.24) is 9.97 Å².